The van der Waals surface area contributed by atoms with Crippen LogP contribution in [0, 0.1) is 0 Å². The summed E-state index contributed by atoms with van der Waals surface area (Å²) in [6.45, 7) is 0. The summed E-state index contributed by atoms with van der Waals surface area (Å²) in [5.41, 5.74) is 7.39. The number of carbonyl (C=O) groups excluding carboxylic acids is 1. The Morgan fingerprint density at radius 2 is 1.95 bits per heavy atom. The highest BCUT2D eigenvalue weighted by Gasteiger charge is 2.19. The summed E-state index contributed by atoms with van der Waals surface area (Å²) < 4.78 is 0. The van der Waals surface area contributed by atoms with E-state index in [1.54, 1.807) is 31.1 Å². The van der Waals surface area contributed by atoms with Crippen LogP contribution in [0.4, 0.5) is 5.69 Å². The van der Waals surface area contributed by atoms with Gasteiger partial charge in [0.15, 0.2) is 0 Å². The van der Waals surface area contributed by atoms with Crippen LogP contribution in [-0.2, 0) is 0 Å². The number of nitrogens with one attached hydrogen (secondary N) is 1. The fraction of sp³-hybridized carbons (Fsp3) is 0.533. The highest BCUT2D eigenvalue weighted by atomic mass is 35.5. The molecule has 0 unspecified atom stereocenters. The molecule has 0 radical (unpaired) electrons. The van der Waals surface area contributed by atoms with Gasteiger partial charge in [0, 0.05) is 31.7 Å². The predicted molar refractivity (Wildman–Crippen MR) is 83.3 cm³/mol. The van der Waals surface area contributed by atoms with Crippen molar-refractivity contribution < 1.29 is 4.79 Å². The first kappa shape index (κ1) is 15.1. The number of nitrogens with two attached hydrogens (primary N) is 1. The molecular weight excluding hydrogens is 274 g/mol. The molecule has 0 aliphatic heterocycles. The average molecular weight is 296 g/mol. The first-order valence-electron chi connectivity index (χ1n) is 7.00. The van der Waals surface area contributed by atoms with Crippen molar-refractivity contribution in [2.24, 2.45) is 5.73 Å². The lowest BCUT2D eigenvalue weighted by atomic mass is 9.91. The second kappa shape index (κ2) is 6.46. The second-order valence-electron chi connectivity index (χ2n) is 5.65. The Labute approximate surface area is 125 Å². The molecule has 0 saturated heterocycles. The monoisotopic (exact) mass is 295 g/mol. The van der Waals surface area contributed by atoms with Gasteiger partial charge < -0.3 is 16.0 Å². The second-order valence-corrected chi connectivity index (χ2v) is 6.06. The maximum Gasteiger partial charge on any atom is 0.253 e. The minimum absolute atomic E-state index is 0.0182. The molecule has 2 rings (SSSR count). The molecule has 1 aliphatic carbocycles. The van der Waals surface area contributed by atoms with E-state index in [9.17, 15) is 4.79 Å². The molecule has 1 aromatic rings. The van der Waals surface area contributed by atoms with Crippen LogP contribution in [0.25, 0.3) is 0 Å². The Bertz CT molecular complexity index is 482. The van der Waals surface area contributed by atoms with E-state index in [4.69, 9.17) is 17.3 Å². The number of hydrogen-bond donors (Lipinski definition) is 2. The van der Waals surface area contributed by atoms with E-state index < -0.39 is 0 Å². The zero-order chi connectivity index (χ0) is 14.7. The van der Waals surface area contributed by atoms with Crippen molar-refractivity contribution in [3.63, 3.8) is 0 Å². The van der Waals surface area contributed by atoms with Crippen molar-refractivity contribution in [1.82, 2.24) is 4.90 Å². The number of amides is 1. The van der Waals surface area contributed by atoms with E-state index in [1.807, 2.05) is 6.07 Å². The minimum Gasteiger partial charge on any atom is -0.381 e. The third-order valence-electron chi connectivity index (χ3n) is 3.75. The van der Waals surface area contributed by atoms with Crippen molar-refractivity contribution in [3.05, 3.63) is 28.8 Å². The number of halogens is 1. The van der Waals surface area contributed by atoms with Crippen molar-refractivity contribution in [3.8, 4) is 0 Å². The molecule has 1 saturated carbocycles. The molecule has 0 heterocycles. The number of carbonyl (C=O) groups is 1. The van der Waals surface area contributed by atoms with Gasteiger partial charge >= 0.3 is 0 Å². The van der Waals surface area contributed by atoms with E-state index in [-0.39, 0.29) is 5.91 Å². The van der Waals surface area contributed by atoms with Gasteiger partial charge in [0.1, 0.15) is 0 Å². The molecule has 0 spiro atoms. The van der Waals surface area contributed by atoms with E-state index in [0.717, 1.165) is 31.4 Å². The number of anilines is 1. The Balaban J connectivity index is 2.11. The van der Waals surface area contributed by atoms with Crippen LogP contribution in [0.1, 0.15) is 36.0 Å². The first-order chi connectivity index (χ1) is 9.47. The quantitative estimate of drug-likeness (QED) is 0.901. The highest BCUT2D eigenvalue weighted by Crippen LogP contribution is 2.27. The summed E-state index contributed by atoms with van der Waals surface area (Å²) in [7, 11) is 3.49. The van der Waals surface area contributed by atoms with E-state index in [1.165, 1.54) is 0 Å². The zero-order valence-corrected chi connectivity index (χ0v) is 12.8. The van der Waals surface area contributed by atoms with Crippen molar-refractivity contribution >= 4 is 23.2 Å². The molecule has 0 bridgehead atoms. The maximum absolute atomic E-state index is 12.0. The van der Waals surface area contributed by atoms with Crippen molar-refractivity contribution in [1.29, 1.82) is 0 Å². The first-order valence-corrected chi connectivity index (χ1v) is 7.38. The van der Waals surface area contributed by atoms with Gasteiger partial charge in [-0.2, -0.15) is 0 Å². The van der Waals surface area contributed by atoms with Crippen LogP contribution in [0.3, 0.4) is 0 Å². The Morgan fingerprint density at radius 3 is 2.55 bits per heavy atom. The molecule has 0 atom stereocenters. The summed E-state index contributed by atoms with van der Waals surface area (Å²) in [5, 5.41) is 4.09. The summed E-state index contributed by atoms with van der Waals surface area (Å²) in [5.74, 6) is -0.0182. The topological polar surface area (TPSA) is 58.4 Å². The van der Waals surface area contributed by atoms with Gasteiger partial charge in [0.2, 0.25) is 0 Å². The number of benzene rings is 1. The van der Waals surface area contributed by atoms with Gasteiger partial charge in [-0.1, -0.05) is 11.6 Å². The summed E-state index contributed by atoms with van der Waals surface area (Å²) >= 11 is 6.22. The molecule has 1 amide bonds. The Morgan fingerprint density at radius 1 is 1.30 bits per heavy atom. The molecule has 1 fully saturated rings. The lowest BCUT2D eigenvalue weighted by molar-refractivity contribution is 0.0827. The van der Waals surface area contributed by atoms with Crippen LogP contribution < -0.4 is 11.1 Å². The van der Waals surface area contributed by atoms with Gasteiger partial charge in [-0.05, 0) is 43.9 Å². The molecule has 1 aliphatic rings. The molecule has 110 valence electrons. The number of hydrogen-bond acceptors (Lipinski definition) is 3. The fourth-order valence-electron chi connectivity index (χ4n) is 2.51. The molecule has 1 aromatic carbocycles. The molecule has 0 aromatic heterocycles. The lowest BCUT2D eigenvalue weighted by Gasteiger charge is -2.28. The number of rotatable bonds is 3. The highest BCUT2D eigenvalue weighted by molar-refractivity contribution is 6.33. The Hall–Kier alpha value is -1.26. The minimum atomic E-state index is -0.0182. The van der Waals surface area contributed by atoms with Crippen LogP contribution in [0.15, 0.2) is 18.2 Å². The maximum atomic E-state index is 12.0. The third kappa shape index (κ3) is 3.64. The average Bonchev–Trinajstić information content (AvgIpc) is 2.43. The SMILES string of the molecule is CN(C)C(=O)c1ccc(Cl)c(NC2CCC(N)CC2)c1. The standard InChI is InChI=1S/C15H22ClN3O/c1-19(2)15(20)10-3-8-13(16)14(9-10)18-12-6-4-11(17)5-7-12/h3,8-9,11-12,18H,4-7,17H2,1-2H3. The van der Waals surface area contributed by atoms with E-state index in [0.29, 0.717) is 22.7 Å². The smallest absolute Gasteiger partial charge is 0.253 e. The van der Waals surface area contributed by atoms with Gasteiger partial charge in [-0.25, -0.2) is 0 Å². The Kier molecular flexibility index (Phi) is 4.89. The van der Waals surface area contributed by atoms with Gasteiger partial charge in [0.25, 0.3) is 5.91 Å². The molecular formula is C15H22ClN3O. The summed E-state index contributed by atoms with van der Waals surface area (Å²) in [4.78, 5) is 13.5. The summed E-state index contributed by atoms with van der Waals surface area (Å²) in [6.07, 6.45) is 4.16. The van der Waals surface area contributed by atoms with Crippen LogP contribution in [0.5, 0.6) is 0 Å². The molecule has 4 nitrogen and oxygen atoms in total. The largest absolute Gasteiger partial charge is 0.381 e. The van der Waals surface area contributed by atoms with E-state index >= 15 is 0 Å². The van der Waals surface area contributed by atoms with Gasteiger partial charge in [0.05, 0.1) is 10.7 Å². The van der Waals surface area contributed by atoms with Gasteiger partial charge in [-0.15, -0.1) is 0 Å². The summed E-state index contributed by atoms with van der Waals surface area (Å²) in [6, 6.07) is 6.07. The van der Waals surface area contributed by atoms with Crippen LogP contribution in [0.2, 0.25) is 5.02 Å². The number of nitrogens with zero attached hydrogens (tertiary/aromatic N) is 1. The molecule has 20 heavy (non-hydrogen) atoms. The molecule has 3 N–H and O–H groups in total. The van der Waals surface area contributed by atoms with Crippen LogP contribution in [-0.4, -0.2) is 37.0 Å². The van der Waals surface area contributed by atoms with Crippen LogP contribution >= 0.6 is 11.6 Å². The van der Waals surface area contributed by atoms with E-state index in [2.05, 4.69) is 5.32 Å². The zero-order valence-electron chi connectivity index (χ0n) is 12.0. The van der Waals surface area contributed by atoms with Crippen molar-refractivity contribution in [2.75, 3.05) is 19.4 Å². The predicted octanol–water partition coefficient (Wildman–Crippen LogP) is 2.72. The molecule has 5 heteroatoms. The lowest BCUT2D eigenvalue weighted by Crippen LogP contribution is -2.33. The van der Waals surface area contributed by atoms with Gasteiger partial charge in [-0.3, -0.25) is 4.79 Å². The third-order valence-corrected chi connectivity index (χ3v) is 4.08. The fourth-order valence-corrected chi connectivity index (χ4v) is 2.68. The normalized spacial score (nSPS) is 22.4. The van der Waals surface area contributed by atoms with Crippen molar-refractivity contribution in [2.45, 2.75) is 37.8 Å².